The van der Waals surface area contributed by atoms with E-state index in [1.807, 2.05) is 0 Å². The topological polar surface area (TPSA) is 32.3 Å². The maximum Gasteiger partial charge on any atom is 0.0931 e. The van der Waals surface area contributed by atoms with Crippen molar-refractivity contribution in [2.75, 3.05) is 13.1 Å². The van der Waals surface area contributed by atoms with E-state index in [-0.39, 0.29) is 0 Å². The Kier molecular flexibility index (Phi) is 2.41. The fourth-order valence-corrected chi connectivity index (χ4v) is 2.77. The molecule has 0 spiro atoms. The summed E-state index contributed by atoms with van der Waals surface area (Å²) in [6.07, 6.45) is 1.68. The molecular formula is C10H15NOS. The smallest absolute Gasteiger partial charge is 0.0931 e. The van der Waals surface area contributed by atoms with Crippen molar-refractivity contribution in [2.24, 2.45) is 0 Å². The minimum absolute atomic E-state index is 0.560. The lowest BCUT2D eigenvalue weighted by atomic mass is 9.85. The van der Waals surface area contributed by atoms with Crippen LogP contribution in [0.4, 0.5) is 0 Å². The van der Waals surface area contributed by atoms with E-state index in [1.54, 1.807) is 11.3 Å². The van der Waals surface area contributed by atoms with Gasteiger partial charge in [0.1, 0.15) is 0 Å². The molecule has 1 saturated heterocycles. The summed E-state index contributed by atoms with van der Waals surface area (Å²) in [5, 5.41) is 15.7. The summed E-state index contributed by atoms with van der Waals surface area (Å²) in [5.74, 6) is 0. The molecule has 1 aliphatic rings. The monoisotopic (exact) mass is 197 g/mol. The average molecular weight is 197 g/mol. The first kappa shape index (κ1) is 9.19. The van der Waals surface area contributed by atoms with Gasteiger partial charge in [-0.05, 0) is 49.9 Å². The number of hydrogen-bond acceptors (Lipinski definition) is 3. The number of aliphatic hydroxyl groups is 1. The zero-order chi connectivity index (χ0) is 9.31. The van der Waals surface area contributed by atoms with E-state index < -0.39 is 5.60 Å². The third-order valence-electron chi connectivity index (χ3n) is 2.79. The van der Waals surface area contributed by atoms with Crippen LogP contribution in [0.25, 0.3) is 0 Å². The quantitative estimate of drug-likeness (QED) is 0.717. The first-order valence-electron chi connectivity index (χ1n) is 4.70. The van der Waals surface area contributed by atoms with Gasteiger partial charge in [-0.3, -0.25) is 0 Å². The average Bonchev–Trinajstić information content (AvgIpc) is 2.53. The Labute approximate surface area is 82.6 Å². The molecule has 0 radical (unpaired) electrons. The van der Waals surface area contributed by atoms with Crippen molar-refractivity contribution in [3.8, 4) is 0 Å². The summed E-state index contributed by atoms with van der Waals surface area (Å²) in [5.41, 5.74) is 0.578. The van der Waals surface area contributed by atoms with Gasteiger partial charge in [0, 0.05) is 4.88 Å². The fraction of sp³-hybridized carbons (Fsp3) is 0.600. The Balaban J connectivity index is 2.27. The van der Waals surface area contributed by atoms with Gasteiger partial charge < -0.3 is 10.4 Å². The second-order valence-corrected chi connectivity index (χ2v) is 4.79. The van der Waals surface area contributed by atoms with Crippen LogP contribution in [0.15, 0.2) is 11.4 Å². The van der Waals surface area contributed by atoms with Gasteiger partial charge in [-0.25, -0.2) is 0 Å². The van der Waals surface area contributed by atoms with Crippen LogP contribution in [0.1, 0.15) is 23.3 Å². The van der Waals surface area contributed by atoms with Crippen molar-refractivity contribution < 1.29 is 5.11 Å². The summed E-state index contributed by atoms with van der Waals surface area (Å²) in [4.78, 5) is 1.25. The molecule has 1 aromatic heterocycles. The normalized spacial score (nSPS) is 21.7. The molecule has 1 fully saturated rings. The molecule has 3 heteroatoms. The highest BCUT2D eigenvalue weighted by Crippen LogP contribution is 2.34. The molecule has 2 heterocycles. The Bertz CT molecular complexity index is 289. The highest BCUT2D eigenvalue weighted by Gasteiger charge is 2.32. The highest BCUT2D eigenvalue weighted by atomic mass is 32.1. The summed E-state index contributed by atoms with van der Waals surface area (Å²) in [6, 6.07) is 2.06. The molecule has 1 aliphatic heterocycles. The minimum atomic E-state index is -0.560. The summed E-state index contributed by atoms with van der Waals surface area (Å²) < 4.78 is 0. The second kappa shape index (κ2) is 3.40. The predicted molar refractivity (Wildman–Crippen MR) is 55.1 cm³/mol. The van der Waals surface area contributed by atoms with Crippen LogP contribution in [-0.4, -0.2) is 18.2 Å². The number of rotatable bonds is 1. The standard InChI is InChI=1S/C10H15NOS/c1-8-9(2-7-13-8)10(12)3-5-11-6-4-10/h2,7,11-12H,3-6H2,1H3. The molecule has 0 aromatic carbocycles. The molecule has 0 saturated carbocycles. The van der Waals surface area contributed by atoms with Crippen molar-refractivity contribution in [1.29, 1.82) is 0 Å². The Hall–Kier alpha value is -0.380. The van der Waals surface area contributed by atoms with E-state index in [9.17, 15) is 5.11 Å². The van der Waals surface area contributed by atoms with E-state index in [0.717, 1.165) is 31.5 Å². The van der Waals surface area contributed by atoms with Crippen LogP contribution in [0.5, 0.6) is 0 Å². The lowest BCUT2D eigenvalue weighted by molar-refractivity contribution is 0.00584. The molecular weight excluding hydrogens is 182 g/mol. The van der Waals surface area contributed by atoms with Gasteiger partial charge in [0.25, 0.3) is 0 Å². The van der Waals surface area contributed by atoms with Crippen molar-refractivity contribution in [1.82, 2.24) is 5.32 Å². The van der Waals surface area contributed by atoms with Crippen LogP contribution >= 0.6 is 11.3 Å². The first-order chi connectivity index (χ1) is 6.22. The molecule has 1 aromatic rings. The van der Waals surface area contributed by atoms with Gasteiger partial charge in [-0.1, -0.05) is 0 Å². The van der Waals surface area contributed by atoms with Crippen LogP contribution in [0.3, 0.4) is 0 Å². The van der Waals surface area contributed by atoms with E-state index in [0.29, 0.717) is 0 Å². The van der Waals surface area contributed by atoms with Gasteiger partial charge in [-0.2, -0.15) is 0 Å². The molecule has 0 aliphatic carbocycles. The number of aryl methyl sites for hydroxylation is 1. The van der Waals surface area contributed by atoms with Crippen LogP contribution < -0.4 is 5.32 Å². The van der Waals surface area contributed by atoms with Crippen LogP contribution in [0, 0.1) is 6.92 Å². The summed E-state index contributed by atoms with van der Waals surface area (Å²) in [6.45, 7) is 3.93. The molecule has 0 atom stereocenters. The van der Waals surface area contributed by atoms with E-state index in [2.05, 4.69) is 23.7 Å². The first-order valence-corrected chi connectivity index (χ1v) is 5.58. The van der Waals surface area contributed by atoms with Crippen LogP contribution in [-0.2, 0) is 5.60 Å². The van der Waals surface area contributed by atoms with Crippen LogP contribution in [0.2, 0.25) is 0 Å². The molecule has 2 nitrogen and oxygen atoms in total. The van der Waals surface area contributed by atoms with E-state index in [1.165, 1.54) is 4.88 Å². The minimum Gasteiger partial charge on any atom is -0.385 e. The van der Waals surface area contributed by atoms with Crippen molar-refractivity contribution in [3.05, 3.63) is 21.9 Å². The molecule has 0 unspecified atom stereocenters. The molecule has 0 amide bonds. The Morgan fingerprint density at radius 3 is 2.69 bits per heavy atom. The molecule has 0 bridgehead atoms. The summed E-state index contributed by atoms with van der Waals surface area (Å²) in [7, 11) is 0. The zero-order valence-corrected chi connectivity index (χ0v) is 8.66. The zero-order valence-electron chi connectivity index (χ0n) is 7.84. The van der Waals surface area contributed by atoms with Gasteiger partial charge in [-0.15, -0.1) is 11.3 Å². The highest BCUT2D eigenvalue weighted by molar-refractivity contribution is 7.10. The fourth-order valence-electron chi connectivity index (χ4n) is 1.98. The maximum absolute atomic E-state index is 10.4. The molecule has 72 valence electrons. The molecule has 13 heavy (non-hydrogen) atoms. The molecule has 2 N–H and O–H groups in total. The van der Waals surface area contributed by atoms with Gasteiger partial charge in [0.15, 0.2) is 0 Å². The predicted octanol–water partition coefficient (Wildman–Crippen LogP) is 1.63. The number of piperidine rings is 1. The van der Waals surface area contributed by atoms with Gasteiger partial charge >= 0.3 is 0 Å². The number of nitrogens with one attached hydrogen (secondary N) is 1. The Morgan fingerprint density at radius 2 is 2.15 bits per heavy atom. The Morgan fingerprint density at radius 1 is 1.46 bits per heavy atom. The van der Waals surface area contributed by atoms with Gasteiger partial charge in [0.2, 0.25) is 0 Å². The van der Waals surface area contributed by atoms with Gasteiger partial charge in [0.05, 0.1) is 5.60 Å². The lowest BCUT2D eigenvalue weighted by Crippen LogP contribution is -2.39. The van der Waals surface area contributed by atoms with Crippen molar-refractivity contribution in [2.45, 2.75) is 25.4 Å². The largest absolute Gasteiger partial charge is 0.385 e. The SMILES string of the molecule is Cc1sccc1C1(O)CCNCC1. The van der Waals surface area contributed by atoms with E-state index in [4.69, 9.17) is 0 Å². The third kappa shape index (κ3) is 1.64. The lowest BCUT2D eigenvalue weighted by Gasteiger charge is -2.32. The van der Waals surface area contributed by atoms with E-state index >= 15 is 0 Å². The number of thiophene rings is 1. The summed E-state index contributed by atoms with van der Waals surface area (Å²) >= 11 is 1.72. The second-order valence-electron chi connectivity index (χ2n) is 3.67. The van der Waals surface area contributed by atoms with Crippen molar-refractivity contribution in [3.63, 3.8) is 0 Å². The molecule has 2 rings (SSSR count). The van der Waals surface area contributed by atoms with Crippen molar-refractivity contribution >= 4 is 11.3 Å². The number of hydrogen-bond donors (Lipinski definition) is 2. The maximum atomic E-state index is 10.4. The third-order valence-corrected chi connectivity index (χ3v) is 3.64.